The quantitative estimate of drug-likeness (QED) is 0.730. The Hall–Kier alpha value is -2.86. The van der Waals surface area contributed by atoms with Crippen LogP contribution in [0.1, 0.15) is 17.7 Å². The van der Waals surface area contributed by atoms with Crippen LogP contribution in [0.2, 0.25) is 0 Å². The summed E-state index contributed by atoms with van der Waals surface area (Å²) >= 11 is 0. The van der Waals surface area contributed by atoms with E-state index in [1.165, 1.54) is 0 Å². The van der Waals surface area contributed by atoms with Gasteiger partial charge in [-0.2, -0.15) is 0 Å². The van der Waals surface area contributed by atoms with E-state index < -0.39 is 0 Å². The lowest BCUT2D eigenvalue weighted by atomic mass is 10.1. The van der Waals surface area contributed by atoms with Crippen molar-refractivity contribution in [1.29, 1.82) is 0 Å². The number of aromatic nitrogens is 1. The van der Waals surface area contributed by atoms with Crippen LogP contribution in [-0.4, -0.2) is 17.9 Å². The van der Waals surface area contributed by atoms with E-state index in [1.807, 2.05) is 42.5 Å². The first-order valence-corrected chi connectivity index (χ1v) is 6.62. The second kappa shape index (κ2) is 5.64. The number of hydrogen-bond acceptors (Lipinski definition) is 3. The number of methoxy groups -OCH3 is 1. The molecule has 0 fully saturated rings. The van der Waals surface area contributed by atoms with E-state index in [-0.39, 0.29) is 5.78 Å². The summed E-state index contributed by atoms with van der Waals surface area (Å²) in [6, 6.07) is 11.4. The Bertz CT molecular complexity index is 885. The van der Waals surface area contributed by atoms with Gasteiger partial charge in [0.05, 0.1) is 12.5 Å². The summed E-state index contributed by atoms with van der Waals surface area (Å²) < 4.78 is 5.16. The van der Waals surface area contributed by atoms with Crippen molar-refractivity contribution < 1.29 is 9.53 Å². The van der Waals surface area contributed by atoms with E-state index in [4.69, 9.17) is 4.74 Å². The maximum atomic E-state index is 11.4. The topological polar surface area (TPSA) is 39.2 Å². The van der Waals surface area contributed by atoms with Crippen LogP contribution in [0.15, 0.2) is 36.4 Å². The number of ether oxygens (including phenoxy) is 1. The van der Waals surface area contributed by atoms with Gasteiger partial charge in [0.1, 0.15) is 11.4 Å². The molecule has 0 saturated heterocycles. The van der Waals surface area contributed by atoms with Gasteiger partial charge in [0, 0.05) is 18.1 Å². The Labute approximate surface area is 122 Å². The van der Waals surface area contributed by atoms with Crippen LogP contribution < -0.4 is 15.3 Å². The van der Waals surface area contributed by atoms with Gasteiger partial charge in [-0.15, -0.1) is 0 Å². The molecule has 1 aliphatic carbocycles. The lowest BCUT2D eigenvalue weighted by Crippen LogP contribution is -2.32. The van der Waals surface area contributed by atoms with Crippen molar-refractivity contribution >= 4 is 17.9 Å². The van der Waals surface area contributed by atoms with Crippen LogP contribution in [0.3, 0.4) is 0 Å². The summed E-state index contributed by atoms with van der Waals surface area (Å²) in [7, 11) is 1.63. The van der Waals surface area contributed by atoms with E-state index in [0.29, 0.717) is 17.5 Å². The molecule has 1 aromatic carbocycles. The summed E-state index contributed by atoms with van der Waals surface area (Å²) in [5.41, 5.74) is 1.51. The van der Waals surface area contributed by atoms with Crippen LogP contribution in [0.25, 0.3) is 12.2 Å². The molecule has 0 aliphatic heterocycles. The molecule has 1 aliphatic rings. The Kier molecular flexibility index (Phi) is 3.53. The third-order valence-corrected chi connectivity index (χ3v) is 3.18. The van der Waals surface area contributed by atoms with Gasteiger partial charge in [-0.3, -0.25) is 4.79 Å². The number of carbonyl (C=O) groups excluding carboxylic acids is 1. The molecule has 21 heavy (non-hydrogen) atoms. The Morgan fingerprint density at radius 3 is 2.95 bits per heavy atom. The Balaban J connectivity index is 1.97. The number of Topliss-reactive ketones (excluding diaryl/α,β-unsaturated/α-hetero) is 1. The zero-order chi connectivity index (χ0) is 14.7. The van der Waals surface area contributed by atoms with Crippen LogP contribution in [0, 0.1) is 11.8 Å². The number of nitrogens with zero attached hydrogens (tertiary/aromatic N) is 1. The lowest BCUT2D eigenvalue weighted by Gasteiger charge is -1.99. The summed E-state index contributed by atoms with van der Waals surface area (Å²) in [6.07, 6.45) is 3.92. The molecule has 3 heteroatoms. The van der Waals surface area contributed by atoms with Crippen molar-refractivity contribution in [3.63, 3.8) is 0 Å². The second-order valence-corrected chi connectivity index (χ2v) is 4.67. The SMILES string of the molecule is COc1cccc(C#Cc2ccc3c(n2)=CC(=O)CC=3)c1. The minimum Gasteiger partial charge on any atom is -0.497 e. The highest BCUT2D eigenvalue weighted by Crippen LogP contribution is 2.11. The molecule has 0 unspecified atom stereocenters. The molecule has 0 N–H and O–H groups in total. The van der Waals surface area contributed by atoms with Gasteiger partial charge in [-0.1, -0.05) is 24.1 Å². The first-order chi connectivity index (χ1) is 10.2. The standard InChI is InChI=1S/C18H13NO2/c1-21-17-4-2-3-13(11-17)5-8-15-9-6-14-7-10-16(20)12-18(14)19-15/h2-4,6-7,9,11-12H,10H2,1H3. The van der Waals surface area contributed by atoms with Crippen LogP contribution in [0.5, 0.6) is 5.75 Å². The number of rotatable bonds is 1. The van der Waals surface area contributed by atoms with Gasteiger partial charge in [-0.25, -0.2) is 4.98 Å². The molecule has 0 atom stereocenters. The fourth-order valence-electron chi connectivity index (χ4n) is 2.10. The second-order valence-electron chi connectivity index (χ2n) is 4.67. The van der Waals surface area contributed by atoms with Crippen LogP contribution in [-0.2, 0) is 4.79 Å². The average molecular weight is 275 g/mol. The fourth-order valence-corrected chi connectivity index (χ4v) is 2.10. The van der Waals surface area contributed by atoms with Gasteiger partial charge in [0.25, 0.3) is 0 Å². The molecular formula is C18H13NO2. The summed E-state index contributed by atoms with van der Waals surface area (Å²) in [4.78, 5) is 15.8. The third-order valence-electron chi connectivity index (χ3n) is 3.18. The van der Waals surface area contributed by atoms with Crippen molar-refractivity contribution in [2.24, 2.45) is 0 Å². The maximum absolute atomic E-state index is 11.4. The molecule has 0 bridgehead atoms. The molecule has 0 saturated carbocycles. The molecule has 2 aromatic rings. The molecule has 1 heterocycles. The zero-order valence-corrected chi connectivity index (χ0v) is 11.6. The smallest absolute Gasteiger partial charge is 0.161 e. The van der Waals surface area contributed by atoms with E-state index >= 15 is 0 Å². The molecule has 0 radical (unpaired) electrons. The lowest BCUT2D eigenvalue weighted by molar-refractivity contribution is -0.112. The predicted molar refractivity (Wildman–Crippen MR) is 81.0 cm³/mol. The van der Waals surface area contributed by atoms with E-state index in [0.717, 1.165) is 16.5 Å². The Morgan fingerprint density at radius 2 is 2.10 bits per heavy atom. The summed E-state index contributed by atoms with van der Waals surface area (Å²) in [5.74, 6) is 6.92. The number of pyridine rings is 1. The Morgan fingerprint density at radius 1 is 1.19 bits per heavy atom. The minimum absolute atomic E-state index is 0.0768. The molecule has 3 rings (SSSR count). The first-order valence-electron chi connectivity index (χ1n) is 6.62. The number of fused-ring (bicyclic) bond motifs is 1. The van der Waals surface area contributed by atoms with Crippen molar-refractivity contribution in [3.05, 3.63) is 58.2 Å². The van der Waals surface area contributed by atoms with Gasteiger partial charge in [0.2, 0.25) is 0 Å². The number of benzene rings is 1. The summed E-state index contributed by atoms with van der Waals surface area (Å²) in [5, 5.41) is 1.69. The molecule has 0 amide bonds. The molecule has 3 nitrogen and oxygen atoms in total. The van der Waals surface area contributed by atoms with Crippen molar-refractivity contribution in [2.75, 3.05) is 7.11 Å². The monoisotopic (exact) mass is 275 g/mol. The maximum Gasteiger partial charge on any atom is 0.161 e. The van der Waals surface area contributed by atoms with Gasteiger partial charge in [0.15, 0.2) is 5.78 Å². The predicted octanol–water partition coefficient (Wildman–Crippen LogP) is 1.02. The minimum atomic E-state index is 0.0768. The van der Waals surface area contributed by atoms with Gasteiger partial charge in [-0.05, 0) is 35.4 Å². The third kappa shape index (κ3) is 3.01. The van der Waals surface area contributed by atoms with Crippen molar-refractivity contribution in [3.8, 4) is 17.6 Å². The van der Waals surface area contributed by atoms with E-state index in [2.05, 4.69) is 16.8 Å². The largest absolute Gasteiger partial charge is 0.497 e. The van der Waals surface area contributed by atoms with Crippen LogP contribution in [0.4, 0.5) is 0 Å². The van der Waals surface area contributed by atoms with Gasteiger partial charge < -0.3 is 4.74 Å². The van der Waals surface area contributed by atoms with Crippen LogP contribution >= 0.6 is 0 Å². The first kappa shape index (κ1) is 13.1. The number of hydrogen-bond donors (Lipinski definition) is 0. The molecule has 0 spiro atoms. The number of carbonyl (C=O) groups is 1. The van der Waals surface area contributed by atoms with E-state index in [9.17, 15) is 4.79 Å². The number of ketones is 1. The molecule has 1 aromatic heterocycles. The normalized spacial score (nSPS) is 12.3. The van der Waals surface area contributed by atoms with E-state index in [1.54, 1.807) is 13.2 Å². The highest BCUT2D eigenvalue weighted by Gasteiger charge is 2.02. The van der Waals surface area contributed by atoms with Crippen molar-refractivity contribution in [1.82, 2.24) is 4.98 Å². The summed E-state index contributed by atoms with van der Waals surface area (Å²) in [6.45, 7) is 0. The highest BCUT2D eigenvalue weighted by atomic mass is 16.5. The highest BCUT2D eigenvalue weighted by molar-refractivity contribution is 6.08. The molecular weight excluding hydrogens is 262 g/mol. The zero-order valence-electron chi connectivity index (χ0n) is 11.6. The van der Waals surface area contributed by atoms with Crippen molar-refractivity contribution in [2.45, 2.75) is 6.42 Å². The fraction of sp³-hybridized carbons (Fsp3) is 0.111. The molecule has 102 valence electrons. The van der Waals surface area contributed by atoms with Gasteiger partial charge >= 0.3 is 0 Å². The average Bonchev–Trinajstić information content (AvgIpc) is 2.52.